The Morgan fingerprint density at radius 1 is 1.08 bits per heavy atom. The van der Waals surface area contributed by atoms with E-state index in [4.69, 9.17) is 23.2 Å². The summed E-state index contributed by atoms with van der Waals surface area (Å²) in [5, 5.41) is 2.26. The van der Waals surface area contributed by atoms with Gasteiger partial charge >= 0.3 is 0 Å². The highest BCUT2D eigenvalue weighted by Gasteiger charge is 2.17. The van der Waals surface area contributed by atoms with Crippen LogP contribution in [-0.4, -0.2) is 30.5 Å². The molecule has 0 bridgehead atoms. The highest BCUT2D eigenvalue weighted by atomic mass is 35.5. The largest absolute Gasteiger partial charge is 0.358 e. The van der Waals surface area contributed by atoms with Gasteiger partial charge in [-0.1, -0.05) is 41.4 Å². The number of aromatic nitrogens is 1. The van der Waals surface area contributed by atoms with Crippen LogP contribution in [0.25, 0.3) is 10.9 Å². The van der Waals surface area contributed by atoms with Gasteiger partial charge < -0.3 is 9.88 Å². The third kappa shape index (κ3) is 3.60. The maximum absolute atomic E-state index is 6.51. The molecule has 3 aromatic rings. The molecule has 2 nitrogen and oxygen atoms in total. The van der Waals surface area contributed by atoms with Gasteiger partial charge in [-0.3, -0.25) is 0 Å². The van der Waals surface area contributed by atoms with Crippen molar-refractivity contribution in [3.63, 3.8) is 0 Å². The first-order chi connectivity index (χ1) is 11.5. The molecule has 0 saturated carbocycles. The van der Waals surface area contributed by atoms with Crippen molar-refractivity contribution in [2.45, 2.75) is 17.7 Å². The van der Waals surface area contributed by atoms with E-state index >= 15 is 0 Å². The van der Waals surface area contributed by atoms with Crippen LogP contribution in [0.1, 0.15) is 16.8 Å². The van der Waals surface area contributed by atoms with Crippen LogP contribution in [0.2, 0.25) is 10.0 Å². The van der Waals surface area contributed by atoms with Crippen molar-refractivity contribution in [3.8, 4) is 0 Å². The predicted molar refractivity (Wildman–Crippen MR) is 107 cm³/mol. The first kappa shape index (κ1) is 17.7. The molecule has 1 heterocycles. The van der Waals surface area contributed by atoms with Crippen LogP contribution in [-0.2, 0) is 12.8 Å². The Kier molecular flexibility index (Phi) is 5.46. The number of H-pyrrole nitrogens is 1. The molecule has 1 aromatic heterocycles. The van der Waals surface area contributed by atoms with Crippen molar-refractivity contribution in [3.05, 3.63) is 63.3 Å². The zero-order valence-corrected chi connectivity index (χ0v) is 16.1. The number of rotatable bonds is 5. The molecule has 0 amide bonds. The maximum Gasteiger partial charge on any atom is 0.0688 e. The van der Waals surface area contributed by atoms with E-state index in [9.17, 15) is 0 Å². The molecule has 0 aliphatic rings. The van der Waals surface area contributed by atoms with Crippen LogP contribution in [0.3, 0.4) is 0 Å². The standard InChI is InChI=1S/C19H20Cl2N2S/c1-23(2)10-9-13-16(11-12-5-3-4-6-17(12)24)22-15-8-7-14(20)19(21)18(13)15/h3-8,22,24H,9-11H2,1-2H3. The van der Waals surface area contributed by atoms with E-state index in [1.807, 2.05) is 30.3 Å². The molecule has 1 N–H and O–H groups in total. The topological polar surface area (TPSA) is 19.0 Å². The number of likely N-dealkylation sites (N-methyl/N-ethyl adjacent to an activating group) is 1. The van der Waals surface area contributed by atoms with Gasteiger partial charge in [-0.05, 0) is 49.8 Å². The SMILES string of the molecule is CN(C)CCc1c(Cc2ccccc2S)[nH]c2ccc(Cl)c(Cl)c12. The number of hydrogen-bond acceptors (Lipinski definition) is 2. The summed E-state index contributed by atoms with van der Waals surface area (Å²) in [6, 6.07) is 12.0. The van der Waals surface area contributed by atoms with E-state index in [1.165, 1.54) is 16.8 Å². The fourth-order valence-corrected chi connectivity index (χ4v) is 3.63. The van der Waals surface area contributed by atoms with E-state index < -0.39 is 0 Å². The lowest BCUT2D eigenvalue weighted by Gasteiger charge is -2.12. The van der Waals surface area contributed by atoms with Gasteiger partial charge in [0, 0.05) is 34.5 Å². The summed E-state index contributed by atoms with van der Waals surface area (Å²) in [4.78, 5) is 6.71. The number of benzene rings is 2. The fraction of sp³-hybridized carbons (Fsp3) is 0.263. The molecule has 0 atom stereocenters. The Labute approximate surface area is 158 Å². The van der Waals surface area contributed by atoms with Gasteiger partial charge in [0.15, 0.2) is 0 Å². The van der Waals surface area contributed by atoms with Crippen LogP contribution in [0, 0.1) is 0 Å². The van der Waals surface area contributed by atoms with E-state index in [1.54, 1.807) is 0 Å². The second kappa shape index (κ2) is 7.40. The summed E-state index contributed by atoms with van der Waals surface area (Å²) in [5.74, 6) is 0. The monoisotopic (exact) mass is 378 g/mol. The average molecular weight is 379 g/mol. The highest BCUT2D eigenvalue weighted by molar-refractivity contribution is 7.80. The molecule has 3 rings (SSSR count). The van der Waals surface area contributed by atoms with Gasteiger partial charge in [0.25, 0.3) is 0 Å². The maximum atomic E-state index is 6.51. The second-order valence-corrected chi connectivity index (χ2v) is 7.49. The van der Waals surface area contributed by atoms with Gasteiger partial charge in [-0.2, -0.15) is 0 Å². The van der Waals surface area contributed by atoms with Gasteiger partial charge in [0.1, 0.15) is 0 Å². The smallest absolute Gasteiger partial charge is 0.0688 e. The number of halogens is 2. The molecular formula is C19H20Cl2N2S. The van der Waals surface area contributed by atoms with Crippen LogP contribution in [0.15, 0.2) is 41.3 Å². The van der Waals surface area contributed by atoms with Crippen molar-refractivity contribution in [2.24, 2.45) is 0 Å². The summed E-state index contributed by atoms with van der Waals surface area (Å²) < 4.78 is 0. The molecule has 0 aliphatic carbocycles. The normalized spacial score (nSPS) is 11.6. The van der Waals surface area contributed by atoms with E-state index in [0.29, 0.717) is 10.0 Å². The van der Waals surface area contributed by atoms with Crippen molar-refractivity contribution < 1.29 is 0 Å². The lowest BCUT2D eigenvalue weighted by molar-refractivity contribution is 0.414. The Balaban J connectivity index is 2.10. The summed E-state index contributed by atoms with van der Waals surface area (Å²) in [5.41, 5.74) is 4.64. The molecule has 0 aliphatic heterocycles. The first-order valence-electron chi connectivity index (χ1n) is 7.86. The predicted octanol–water partition coefficient (Wildman–Crippen LogP) is 5.46. The minimum absolute atomic E-state index is 0.593. The number of fused-ring (bicyclic) bond motifs is 1. The van der Waals surface area contributed by atoms with Gasteiger partial charge in [0.2, 0.25) is 0 Å². The molecule has 0 unspecified atom stereocenters. The van der Waals surface area contributed by atoms with Crippen molar-refractivity contribution in [1.29, 1.82) is 0 Å². The Morgan fingerprint density at radius 2 is 1.83 bits per heavy atom. The first-order valence-corrected chi connectivity index (χ1v) is 9.06. The average Bonchev–Trinajstić information content (AvgIpc) is 2.89. The summed E-state index contributed by atoms with van der Waals surface area (Å²) >= 11 is 17.3. The quantitative estimate of drug-likeness (QED) is 0.564. The highest BCUT2D eigenvalue weighted by Crippen LogP contribution is 2.36. The molecule has 0 saturated heterocycles. The molecule has 0 radical (unpaired) electrons. The van der Waals surface area contributed by atoms with Crippen LogP contribution < -0.4 is 0 Å². The van der Waals surface area contributed by atoms with Crippen LogP contribution in [0.4, 0.5) is 0 Å². The third-order valence-electron chi connectivity index (χ3n) is 4.21. The van der Waals surface area contributed by atoms with Crippen molar-refractivity contribution in [2.75, 3.05) is 20.6 Å². The number of nitrogens with one attached hydrogen (secondary N) is 1. The Hall–Kier alpha value is -1.13. The molecule has 0 spiro atoms. The Morgan fingerprint density at radius 3 is 2.54 bits per heavy atom. The zero-order valence-electron chi connectivity index (χ0n) is 13.7. The zero-order chi connectivity index (χ0) is 17.3. The van der Waals surface area contributed by atoms with Crippen molar-refractivity contribution in [1.82, 2.24) is 9.88 Å². The lowest BCUT2D eigenvalue weighted by atomic mass is 10.0. The number of thiol groups is 1. The summed E-state index contributed by atoms with van der Waals surface area (Å²) in [7, 11) is 4.15. The number of nitrogens with zero attached hydrogens (tertiary/aromatic N) is 1. The fourth-order valence-electron chi connectivity index (χ4n) is 2.95. The summed E-state index contributed by atoms with van der Waals surface area (Å²) in [6.07, 6.45) is 1.71. The van der Waals surface area contributed by atoms with E-state index in [0.717, 1.165) is 35.2 Å². The molecule has 5 heteroatoms. The molecule has 126 valence electrons. The molecular weight excluding hydrogens is 359 g/mol. The molecule has 24 heavy (non-hydrogen) atoms. The molecule has 2 aromatic carbocycles. The van der Waals surface area contributed by atoms with Gasteiger partial charge in [-0.25, -0.2) is 0 Å². The van der Waals surface area contributed by atoms with E-state index in [-0.39, 0.29) is 0 Å². The number of hydrogen-bond donors (Lipinski definition) is 2. The summed E-state index contributed by atoms with van der Waals surface area (Å²) in [6.45, 7) is 0.950. The minimum Gasteiger partial charge on any atom is -0.358 e. The van der Waals surface area contributed by atoms with Crippen LogP contribution >= 0.6 is 35.8 Å². The van der Waals surface area contributed by atoms with Crippen LogP contribution in [0.5, 0.6) is 0 Å². The minimum atomic E-state index is 0.593. The van der Waals surface area contributed by atoms with Gasteiger partial charge in [-0.15, -0.1) is 12.6 Å². The third-order valence-corrected chi connectivity index (χ3v) is 5.45. The number of aromatic amines is 1. The van der Waals surface area contributed by atoms with E-state index in [2.05, 4.69) is 42.7 Å². The second-order valence-electron chi connectivity index (χ2n) is 6.22. The van der Waals surface area contributed by atoms with Gasteiger partial charge in [0.05, 0.1) is 10.0 Å². The Bertz CT molecular complexity index is 871. The molecule has 0 fully saturated rings. The van der Waals surface area contributed by atoms with Crippen molar-refractivity contribution >= 4 is 46.7 Å². The lowest BCUT2D eigenvalue weighted by Crippen LogP contribution is -2.15.